The van der Waals surface area contributed by atoms with Gasteiger partial charge < -0.3 is 10.1 Å². The number of methoxy groups -OCH3 is 1. The fourth-order valence-electron chi connectivity index (χ4n) is 2.97. The summed E-state index contributed by atoms with van der Waals surface area (Å²) in [7, 11) is 1.54. The second-order valence-electron chi connectivity index (χ2n) is 6.38. The number of hydrogen-bond donors (Lipinski definition) is 1. The molecule has 2 heterocycles. The molecular formula is C21H19N5O3. The predicted octanol–water partition coefficient (Wildman–Crippen LogP) is 2.48. The van der Waals surface area contributed by atoms with E-state index in [0.29, 0.717) is 12.3 Å². The molecule has 2 aromatic carbocycles. The number of anilines is 1. The van der Waals surface area contributed by atoms with Gasteiger partial charge in [-0.3, -0.25) is 14.2 Å². The number of rotatable bonds is 6. The van der Waals surface area contributed by atoms with Gasteiger partial charge in [-0.25, -0.2) is 9.67 Å². The van der Waals surface area contributed by atoms with Crippen LogP contribution >= 0.6 is 0 Å². The van der Waals surface area contributed by atoms with Crippen molar-refractivity contribution >= 4 is 22.6 Å². The molecule has 8 heteroatoms. The Bertz CT molecular complexity index is 1210. The number of carbonyl (C=O) groups excluding carboxylic acids is 1. The zero-order chi connectivity index (χ0) is 20.2. The highest BCUT2D eigenvalue weighted by molar-refractivity contribution is 6.02. The maximum absolute atomic E-state index is 12.5. The highest BCUT2D eigenvalue weighted by Crippen LogP contribution is 2.19. The monoisotopic (exact) mass is 389 g/mol. The van der Waals surface area contributed by atoms with Gasteiger partial charge in [0.15, 0.2) is 0 Å². The number of carbonyl (C=O) groups is 1. The molecule has 0 bridgehead atoms. The van der Waals surface area contributed by atoms with Crippen LogP contribution in [0, 0.1) is 0 Å². The minimum absolute atomic E-state index is 0.158. The Morgan fingerprint density at radius 2 is 1.86 bits per heavy atom. The number of amides is 1. The Morgan fingerprint density at radius 3 is 2.66 bits per heavy atom. The largest absolute Gasteiger partial charge is 0.383 e. The van der Waals surface area contributed by atoms with Crippen molar-refractivity contribution in [2.75, 3.05) is 19.0 Å². The van der Waals surface area contributed by atoms with Crippen LogP contribution in [-0.2, 0) is 11.3 Å². The molecule has 0 aliphatic carbocycles. The molecule has 0 aliphatic heterocycles. The minimum Gasteiger partial charge on any atom is -0.383 e. The first-order chi connectivity index (χ1) is 14.2. The second kappa shape index (κ2) is 8.07. The van der Waals surface area contributed by atoms with Gasteiger partial charge in [-0.15, -0.1) is 0 Å². The van der Waals surface area contributed by atoms with Crippen molar-refractivity contribution in [3.8, 4) is 5.69 Å². The molecule has 0 fully saturated rings. The van der Waals surface area contributed by atoms with Crippen molar-refractivity contribution < 1.29 is 9.53 Å². The van der Waals surface area contributed by atoms with Gasteiger partial charge >= 0.3 is 0 Å². The lowest BCUT2D eigenvalue weighted by Gasteiger charge is -2.09. The molecule has 1 N–H and O–H groups in total. The van der Waals surface area contributed by atoms with Crippen molar-refractivity contribution in [2.45, 2.75) is 6.54 Å². The number of hydrogen-bond acceptors (Lipinski definition) is 5. The van der Waals surface area contributed by atoms with Crippen molar-refractivity contribution in [3.05, 3.63) is 83.0 Å². The number of nitrogens with one attached hydrogen (secondary N) is 1. The molecule has 0 atom stereocenters. The molecule has 0 unspecified atom stereocenters. The van der Waals surface area contributed by atoms with Crippen LogP contribution in [0.15, 0.2) is 71.8 Å². The van der Waals surface area contributed by atoms with Gasteiger partial charge in [-0.2, -0.15) is 5.10 Å². The lowest BCUT2D eigenvalue weighted by Crippen LogP contribution is -2.27. The molecule has 146 valence electrons. The average molecular weight is 389 g/mol. The molecule has 2 aromatic heterocycles. The maximum Gasteiger partial charge on any atom is 0.276 e. The van der Waals surface area contributed by atoms with Crippen molar-refractivity contribution in [3.63, 3.8) is 0 Å². The van der Waals surface area contributed by atoms with E-state index in [1.807, 2.05) is 53.1 Å². The highest BCUT2D eigenvalue weighted by Gasteiger charge is 2.11. The Labute approximate surface area is 166 Å². The van der Waals surface area contributed by atoms with Crippen LogP contribution in [0.25, 0.3) is 16.7 Å². The quantitative estimate of drug-likeness (QED) is 0.547. The molecule has 4 rings (SSSR count). The van der Waals surface area contributed by atoms with E-state index in [2.05, 4.69) is 15.4 Å². The third-order valence-corrected chi connectivity index (χ3v) is 4.46. The van der Waals surface area contributed by atoms with Gasteiger partial charge in [0.1, 0.15) is 12.0 Å². The molecular weight excluding hydrogens is 370 g/mol. The molecule has 0 radical (unpaired) electrons. The van der Waals surface area contributed by atoms with Crippen LogP contribution in [0.2, 0.25) is 0 Å². The minimum atomic E-state index is -0.392. The van der Waals surface area contributed by atoms with E-state index in [-0.39, 0.29) is 17.8 Å². The first-order valence-corrected chi connectivity index (χ1v) is 9.07. The Hall–Kier alpha value is -3.78. The average Bonchev–Trinajstić information content (AvgIpc) is 3.18. The first kappa shape index (κ1) is 18.6. The molecule has 8 nitrogen and oxygen atoms in total. The first-order valence-electron chi connectivity index (χ1n) is 9.07. The second-order valence-corrected chi connectivity index (χ2v) is 6.38. The van der Waals surface area contributed by atoms with Gasteiger partial charge in [0, 0.05) is 24.6 Å². The van der Waals surface area contributed by atoms with E-state index in [4.69, 9.17) is 4.74 Å². The van der Waals surface area contributed by atoms with Gasteiger partial charge in [0.25, 0.3) is 11.5 Å². The number of aromatic nitrogens is 4. The van der Waals surface area contributed by atoms with E-state index >= 15 is 0 Å². The van der Waals surface area contributed by atoms with Crippen LogP contribution in [0.5, 0.6) is 0 Å². The molecule has 0 spiro atoms. The number of benzene rings is 2. The highest BCUT2D eigenvalue weighted by atomic mass is 16.5. The van der Waals surface area contributed by atoms with Crippen molar-refractivity contribution in [2.24, 2.45) is 0 Å². The number of para-hydroxylation sites is 2. The summed E-state index contributed by atoms with van der Waals surface area (Å²) in [5.41, 5.74) is 3.36. The van der Waals surface area contributed by atoms with Gasteiger partial charge in [0.05, 0.1) is 24.2 Å². The number of nitrogens with zero attached hydrogens (tertiary/aromatic N) is 4. The standard InChI is InChI=1S/C21H19N5O3/c1-29-13-12-26-20(27)11-10-18(24-26)21(28)23-15-6-8-16(9-7-15)25-14-22-17-4-2-3-5-19(17)25/h2-11,14H,12-13H2,1H3,(H,23,28). The van der Waals surface area contributed by atoms with Crippen LogP contribution in [0.1, 0.15) is 10.5 Å². The molecule has 1 amide bonds. The summed E-state index contributed by atoms with van der Waals surface area (Å²) < 4.78 is 8.15. The molecule has 0 saturated carbocycles. The van der Waals surface area contributed by atoms with E-state index in [9.17, 15) is 9.59 Å². The van der Waals surface area contributed by atoms with Crippen LogP contribution in [-0.4, -0.2) is 39.0 Å². The van der Waals surface area contributed by atoms with Crippen molar-refractivity contribution in [1.82, 2.24) is 19.3 Å². The third kappa shape index (κ3) is 3.92. The zero-order valence-corrected chi connectivity index (χ0v) is 15.8. The molecule has 0 aliphatic rings. The van der Waals surface area contributed by atoms with Gasteiger partial charge in [-0.1, -0.05) is 12.1 Å². The third-order valence-electron chi connectivity index (χ3n) is 4.46. The van der Waals surface area contributed by atoms with E-state index in [0.717, 1.165) is 16.7 Å². The normalized spacial score (nSPS) is 10.9. The van der Waals surface area contributed by atoms with Crippen molar-refractivity contribution in [1.29, 1.82) is 0 Å². The Balaban J connectivity index is 1.52. The summed E-state index contributed by atoms with van der Waals surface area (Å²) >= 11 is 0. The Morgan fingerprint density at radius 1 is 1.07 bits per heavy atom. The predicted molar refractivity (Wildman–Crippen MR) is 109 cm³/mol. The summed E-state index contributed by atoms with van der Waals surface area (Å²) in [6, 6.07) is 18.0. The van der Waals surface area contributed by atoms with Gasteiger partial charge in [-0.05, 0) is 42.5 Å². The lowest BCUT2D eigenvalue weighted by atomic mass is 10.2. The summed E-state index contributed by atoms with van der Waals surface area (Å²) in [6.07, 6.45) is 1.77. The summed E-state index contributed by atoms with van der Waals surface area (Å²) in [6.45, 7) is 0.617. The zero-order valence-electron chi connectivity index (χ0n) is 15.8. The summed E-state index contributed by atoms with van der Waals surface area (Å²) in [5, 5.41) is 6.90. The molecule has 0 saturated heterocycles. The maximum atomic E-state index is 12.5. The van der Waals surface area contributed by atoms with E-state index in [1.54, 1.807) is 6.33 Å². The smallest absolute Gasteiger partial charge is 0.276 e. The van der Waals surface area contributed by atoms with E-state index in [1.165, 1.54) is 23.9 Å². The summed E-state index contributed by atoms with van der Waals surface area (Å²) in [4.78, 5) is 28.7. The summed E-state index contributed by atoms with van der Waals surface area (Å²) in [5.74, 6) is -0.392. The number of ether oxygens (including phenoxy) is 1. The SMILES string of the molecule is COCCn1nc(C(=O)Nc2ccc(-n3cnc4ccccc43)cc2)ccc1=O. The van der Waals surface area contributed by atoms with E-state index < -0.39 is 5.91 Å². The van der Waals surface area contributed by atoms with Gasteiger partial charge in [0.2, 0.25) is 0 Å². The van der Waals surface area contributed by atoms with Crippen LogP contribution in [0.4, 0.5) is 5.69 Å². The number of fused-ring (bicyclic) bond motifs is 1. The van der Waals surface area contributed by atoms with Crippen LogP contribution < -0.4 is 10.9 Å². The number of imidazole rings is 1. The fraction of sp³-hybridized carbons (Fsp3) is 0.143. The fourth-order valence-corrected chi connectivity index (χ4v) is 2.97. The molecule has 4 aromatic rings. The molecule has 29 heavy (non-hydrogen) atoms. The van der Waals surface area contributed by atoms with Crippen LogP contribution in [0.3, 0.4) is 0 Å². The lowest BCUT2D eigenvalue weighted by molar-refractivity contribution is 0.101. The topological polar surface area (TPSA) is 91.0 Å². The Kier molecular flexibility index (Phi) is 5.17.